The number of nitrogens with zero attached hydrogens (tertiary/aromatic N) is 6. The SMILES string of the molecule is CCN1CCC(n2cc([C@@H](Cc3cc(Cl)c4ncc(C#N)c(Nc5ccc(F)c(Cl)c5)c4c3)c3cc(Cl)sc3Cl)nn2)CC1. The van der Waals surface area contributed by atoms with Crippen molar-refractivity contribution < 1.29 is 4.39 Å². The van der Waals surface area contributed by atoms with Crippen molar-refractivity contribution in [1.29, 1.82) is 5.26 Å². The van der Waals surface area contributed by atoms with Gasteiger partial charge in [0, 0.05) is 42.5 Å². The minimum absolute atomic E-state index is 0.0382. The van der Waals surface area contributed by atoms with Crippen molar-refractivity contribution in [3.8, 4) is 6.07 Å². The predicted octanol–water partition coefficient (Wildman–Crippen LogP) is 9.29. The van der Waals surface area contributed by atoms with Crippen LogP contribution in [0.3, 0.4) is 0 Å². The quantitative estimate of drug-likeness (QED) is 0.175. The van der Waals surface area contributed by atoms with Gasteiger partial charge in [0.05, 0.1) is 47.2 Å². The molecule has 13 heteroatoms. The molecule has 1 atom stereocenters. The lowest BCUT2D eigenvalue weighted by molar-refractivity contribution is 0.186. The molecule has 226 valence electrons. The first-order valence-corrected chi connectivity index (χ1v) is 16.4. The van der Waals surface area contributed by atoms with E-state index in [-0.39, 0.29) is 17.0 Å². The van der Waals surface area contributed by atoms with Crippen molar-refractivity contribution in [2.45, 2.75) is 38.1 Å². The largest absolute Gasteiger partial charge is 0.354 e. The molecule has 0 aliphatic carbocycles. The van der Waals surface area contributed by atoms with Gasteiger partial charge in [-0.1, -0.05) is 58.5 Å². The van der Waals surface area contributed by atoms with E-state index in [0.29, 0.717) is 48.0 Å². The van der Waals surface area contributed by atoms with Crippen molar-refractivity contribution in [3.63, 3.8) is 0 Å². The highest BCUT2D eigenvalue weighted by Gasteiger charge is 2.27. The maximum Gasteiger partial charge on any atom is 0.141 e. The van der Waals surface area contributed by atoms with Crippen LogP contribution in [0.1, 0.15) is 54.1 Å². The molecule has 0 spiro atoms. The molecule has 44 heavy (non-hydrogen) atoms. The van der Waals surface area contributed by atoms with Crippen molar-refractivity contribution in [3.05, 3.63) is 95.7 Å². The number of rotatable bonds is 8. The van der Waals surface area contributed by atoms with E-state index in [9.17, 15) is 9.65 Å². The number of benzene rings is 2. The Bertz CT molecular complexity index is 1880. The van der Waals surface area contributed by atoms with E-state index in [1.807, 2.05) is 29.1 Å². The topological polar surface area (TPSA) is 82.7 Å². The fourth-order valence-corrected chi connectivity index (χ4v) is 7.75. The molecule has 1 aliphatic rings. The molecule has 0 unspecified atom stereocenters. The number of pyridine rings is 1. The summed E-state index contributed by atoms with van der Waals surface area (Å²) in [5, 5.41) is 23.3. The number of halogens is 5. The Morgan fingerprint density at radius 1 is 1.11 bits per heavy atom. The number of thiophene rings is 1. The van der Waals surface area contributed by atoms with Gasteiger partial charge in [0.25, 0.3) is 0 Å². The number of hydrogen-bond acceptors (Lipinski definition) is 7. The second kappa shape index (κ2) is 13.2. The number of likely N-dealkylation sites (tertiary alicyclic amines) is 1. The first-order chi connectivity index (χ1) is 21.2. The average molecular weight is 689 g/mol. The lowest BCUT2D eigenvalue weighted by Crippen LogP contribution is -2.34. The van der Waals surface area contributed by atoms with Crippen LogP contribution in [-0.2, 0) is 6.42 Å². The molecular formula is C31H26Cl4FN7S. The maximum absolute atomic E-state index is 13.8. The Labute approximate surface area is 278 Å². The smallest absolute Gasteiger partial charge is 0.141 e. The summed E-state index contributed by atoms with van der Waals surface area (Å²) in [6.45, 7) is 5.28. The van der Waals surface area contributed by atoms with Crippen LogP contribution < -0.4 is 5.32 Å². The van der Waals surface area contributed by atoms with Gasteiger partial charge in [-0.15, -0.1) is 16.4 Å². The van der Waals surface area contributed by atoms with E-state index in [4.69, 9.17) is 46.4 Å². The summed E-state index contributed by atoms with van der Waals surface area (Å²) >= 11 is 27.2. The fraction of sp³-hybridized carbons (Fsp3) is 0.290. The first-order valence-electron chi connectivity index (χ1n) is 14.1. The van der Waals surface area contributed by atoms with Crippen molar-refractivity contribution in [2.75, 3.05) is 25.0 Å². The highest BCUT2D eigenvalue weighted by Crippen LogP contribution is 2.41. The van der Waals surface area contributed by atoms with E-state index in [2.05, 4.69) is 38.5 Å². The molecule has 1 fully saturated rings. The van der Waals surface area contributed by atoms with Gasteiger partial charge in [-0.3, -0.25) is 4.98 Å². The molecule has 6 rings (SSSR count). The third-order valence-corrected chi connectivity index (χ3v) is 10.2. The molecule has 7 nitrogen and oxygen atoms in total. The van der Waals surface area contributed by atoms with Gasteiger partial charge < -0.3 is 10.2 Å². The number of anilines is 2. The monoisotopic (exact) mass is 687 g/mol. The molecule has 1 N–H and O–H groups in total. The zero-order valence-corrected chi connectivity index (χ0v) is 27.3. The predicted molar refractivity (Wildman–Crippen MR) is 176 cm³/mol. The number of nitrogens with one attached hydrogen (secondary N) is 1. The maximum atomic E-state index is 13.8. The lowest BCUT2D eigenvalue weighted by atomic mass is 9.90. The lowest BCUT2D eigenvalue weighted by Gasteiger charge is -2.30. The van der Waals surface area contributed by atoms with Crippen molar-refractivity contribution in [1.82, 2.24) is 24.9 Å². The summed E-state index contributed by atoms with van der Waals surface area (Å²) in [6.07, 6.45) is 5.97. The second-order valence-electron chi connectivity index (χ2n) is 10.7. The van der Waals surface area contributed by atoms with Crippen molar-refractivity contribution in [2.24, 2.45) is 0 Å². The third kappa shape index (κ3) is 6.38. The summed E-state index contributed by atoms with van der Waals surface area (Å²) in [7, 11) is 0. The molecule has 0 saturated carbocycles. The van der Waals surface area contributed by atoms with Crippen molar-refractivity contribution >= 4 is 80.0 Å². The van der Waals surface area contributed by atoms with Gasteiger partial charge in [0.15, 0.2) is 0 Å². The minimum Gasteiger partial charge on any atom is -0.354 e. The van der Waals surface area contributed by atoms with Gasteiger partial charge in [0.1, 0.15) is 11.9 Å². The molecule has 4 heterocycles. The summed E-state index contributed by atoms with van der Waals surface area (Å²) in [6, 6.07) is 12.4. The van der Waals surface area contributed by atoms with Gasteiger partial charge in [-0.25, -0.2) is 9.07 Å². The van der Waals surface area contributed by atoms with E-state index >= 15 is 0 Å². The number of nitriles is 1. The van der Waals surface area contributed by atoms with Crippen LogP contribution in [0.2, 0.25) is 18.7 Å². The van der Waals surface area contributed by atoms with E-state index in [1.54, 1.807) is 6.07 Å². The van der Waals surface area contributed by atoms with Gasteiger partial charge in [-0.2, -0.15) is 5.26 Å². The summed E-state index contributed by atoms with van der Waals surface area (Å²) in [4.78, 5) is 6.90. The molecule has 3 aromatic heterocycles. The Balaban J connectivity index is 1.39. The van der Waals surface area contributed by atoms with Crippen LogP contribution in [0.4, 0.5) is 15.8 Å². The van der Waals surface area contributed by atoms with E-state index < -0.39 is 5.82 Å². The average Bonchev–Trinajstić information content (AvgIpc) is 3.64. The summed E-state index contributed by atoms with van der Waals surface area (Å²) in [5.74, 6) is -0.798. The molecule has 1 saturated heterocycles. The Hall–Kier alpha value is -2.97. The highest BCUT2D eigenvalue weighted by molar-refractivity contribution is 7.20. The number of piperidine rings is 1. The zero-order chi connectivity index (χ0) is 31.0. The highest BCUT2D eigenvalue weighted by atomic mass is 35.5. The van der Waals surface area contributed by atoms with E-state index in [1.165, 1.54) is 29.7 Å². The number of hydrogen-bond donors (Lipinski definition) is 1. The van der Waals surface area contributed by atoms with Crippen LogP contribution >= 0.6 is 57.7 Å². The Morgan fingerprint density at radius 2 is 1.91 bits per heavy atom. The molecule has 2 aromatic carbocycles. The zero-order valence-electron chi connectivity index (χ0n) is 23.5. The van der Waals surface area contributed by atoms with E-state index in [0.717, 1.165) is 49.3 Å². The minimum atomic E-state index is -0.538. The normalized spacial score (nSPS) is 15.0. The van der Waals surface area contributed by atoms with Crippen LogP contribution in [0, 0.1) is 17.1 Å². The third-order valence-electron chi connectivity index (χ3n) is 8.06. The van der Waals surface area contributed by atoms with Gasteiger partial charge in [0.2, 0.25) is 0 Å². The molecule has 0 bridgehead atoms. The van der Waals surface area contributed by atoms with Gasteiger partial charge >= 0.3 is 0 Å². The van der Waals surface area contributed by atoms with Crippen LogP contribution in [0.25, 0.3) is 10.9 Å². The molecule has 0 radical (unpaired) electrons. The fourth-order valence-electron chi connectivity index (χ4n) is 5.70. The molecule has 1 aliphatic heterocycles. The first kappa shape index (κ1) is 31.0. The summed E-state index contributed by atoms with van der Waals surface area (Å²) < 4.78 is 17.0. The Morgan fingerprint density at radius 3 is 2.59 bits per heavy atom. The number of fused-ring (bicyclic) bond motifs is 1. The van der Waals surface area contributed by atoms with Gasteiger partial charge in [-0.05, 0) is 73.3 Å². The molecular weight excluding hydrogens is 663 g/mol. The van der Waals surface area contributed by atoms with Crippen LogP contribution in [0.5, 0.6) is 0 Å². The molecule has 5 aromatic rings. The standard InChI is InChI=1S/C31H26Cl4FN7S/c1-2-42-7-5-20(6-8-42)43-16-27(40-41-43)21(22-13-28(34)44-31(22)35)9-17-10-23-29(39-19-3-4-26(36)24(32)12-19)18(14-37)15-38-30(23)25(33)11-17/h3-4,10-13,15-16,20-21H,2,5-9H2,1H3,(H,38,39)/t21-/m0/s1. The van der Waals surface area contributed by atoms with Crippen LogP contribution in [-0.4, -0.2) is 44.5 Å². The summed E-state index contributed by atoms with van der Waals surface area (Å²) in [5.41, 5.74) is 4.32. The second-order valence-corrected chi connectivity index (χ2v) is 13.8. The number of aromatic nitrogens is 4. The molecule has 0 amide bonds. The Kier molecular flexibility index (Phi) is 9.29. The van der Waals surface area contributed by atoms with Crippen LogP contribution in [0.15, 0.2) is 48.8 Å².